The maximum atomic E-state index is 11.2. The van der Waals surface area contributed by atoms with Gasteiger partial charge in [0, 0.05) is 48.7 Å². The van der Waals surface area contributed by atoms with Crippen LogP contribution in [0.15, 0.2) is 0 Å². The maximum Gasteiger partial charge on any atom is 2.00 e. The molecule has 176 valence electrons. The molecule has 0 fully saturated rings. The van der Waals surface area contributed by atoms with Crippen molar-refractivity contribution < 1.29 is 49.8 Å². The minimum atomic E-state index is -1.37. The Labute approximate surface area is 197 Å². The smallest absolute Gasteiger partial charge is 0.550 e. The SMILES string of the molecule is CC(C)(CO)[C@@H](O)C(=O)NCCC(=O)[O-].CC(C)(CO)[C@@H](O)C(=O)NCCC(=O)[O-].[Mg+2]. The van der Waals surface area contributed by atoms with Crippen LogP contribution in [0.4, 0.5) is 0 Å². The largest absolute Gasteiger partial charge is 2.00 e. The van der Waals surface area contributed by atoms with Crippen molar-refractivity contribution in [3.63, 3.8) is 0 Å². The van der Waals surface area contributed by atoms with Gasteiger partial charge in [-0.3, -0.25) is 9.59 Å². The Hall–Kier alpha value is -1.51. The van der Waals surface area contributed by atoms with Crippen molar-refractivity contribution in [3.05, 3.63) is 0 Å². The van der Waals surface area contributed by atoms with Crippen molar-refractivity contribution in [1.82, 2.24) is 10.6 Å². The van der Waals surface area contributed by atoms with Gasteiger partial charge in [-0.2, -0.15) is 0 Å². The van der Waals surface area contributed by atoms with E-state index in [9.17, 15) is 39.6 Å². The van der Waals surface area contributed by atoms with Gasteiger partial charge in [0.2, 0.25) is 11.8 Å². The molecule has 0 aromatic carbocycles. The second kappa shape index (κ2) is 16.2. The molecule has 6 N–H and O–H groups in total. The summed E-state index contributed by atoms with van der Waals surface area (Å²) in [5.74, 6) is -3.94. The Morgan fingerprint density at radius 2 is 1.00 bits per heavy atom. The van der Waals surface area contributed by atoms with Gasteiger partial charge in [-0.15, -0.1) is 0 Å². The topological polar surface area (TPSA) is 219 Å². The van der Waals surface area contributed by atoms with E-state index in [2.05, 4.69) is 10.6 Å². The van der Waals surface area contributed by atoms with Gasteiger partial charge in [0.1, 0.15) is 12.2 Å². The van der Waals surface area contributed by atoms with E-state index in [1.807, 2.05) is 0 Å². The zero-order chi connectivity index (χ0) is 24.1. The van der Waals surface area contributed by atoms with Gasteiger partial charge in [0.15, 0.2) is 0 Å². The van der Waals surface area contributed by atoms with Crippen molar-refractivity contribution in [2.45, 2.75) is 52.7 Å². The Kier molecular flexibility index (Phi) is 17.8. The van der Waals surface area contributed by atoms with Gasteiger partial charge >= 0.3 is 23.1 Å². The average molecular weight is 461 g/mol. The molecule has 0 aliphatic heterocycles. The van der Waals surface area contributed by atoms with E-state index >= 15 is 0 Å². The molecule has 31 heavy (non-hydrogen) atoms. The van der Waals surface area contributed by atoms with E-state index in [4.69, 9.17) is 10.2 Å². The van der Waals surface area contributed by atoms with Crippen LogP contribution in [0.1, 0.15) is 40.5 Å². The summed E-state index contributed by atoms with van der Waals surface area (Å²) in [4.78, 5) is 42.6. The first-order valence-corrected chi connectivity index (χ1v) is 9.15. The van der Waals surface area contributed by atoms with E-state index in [0.717, 1.165) is 0 Å². The number of rotatable bonds is 12. The van der Waals surface area contributed by atoms with Crippen molar-refractivity contribution in [2.24, 2.45) is 10.8 Å². The number of carbonyl (C=O) groups excluding carboxylic acids is 4. The van der Waals surface area contributed by atoms with Gasteiger partial charge in [-0.1, -0.05) is 27.7 Å². The third kappa shape index (κ3) is 15.0. The number of hydrogen-bond acceptors (Lipinski definition) is 10. The summed E-state index contributed by atoms with van der Waals surface area (Å²) in [6.45, 7) is 5.21. The second-order valence-corrected chi connectivity index (χ2v) is 7.92. The summed E-state index contributed by atoms with van der Waals surface area (Å²) < 4.78 is 0. The zero-order valence-electron chi connectivity index (χ0n) is 18.3. The summed E-state index contributed by atoms with van der Waals surface area (Å²) in [6, 6.07) is 0. The third-order valence-corrected chi connectivity index (χ3v) is 4.05. The van der Waals surface area contributed by atoms with Gasteiger partial charge < -0.3 is 50.9 Å². The molecule has 0 bridgehead atoms. The Morgan fingerprint density at radius 1 is 0.742 bits per heavy atom. The molecule has 0 aromatic heterocycles. The number of carboxylic acids is 2. The van der Waals surface area contributed by atoms with Gasteiger partial charge in [0.25, 0.3) is 0 Å². The Morgan fingerprint density at radius 3 is 1.19 bits per heavy atom. The molecule has 0 aromatic rings. The first-order chi connectivity index (χ1) is 13.6. The molecular formula is C18H32MgN2O10. The molecule has 0 saturated carbocycles. The normalized spacial score (nSPS) is 12.9. The predicted molar refractivity (Wildman–Crippen MR) is 105 cm³/mol. The van der Waals surface area contributed by atoms with Gasteiger partial charge in [-0.25, -0.2) is 0 Å². The quantitative estimate of drug-likeness (QED) is 0.152. The summed E-state index contributed by atoms with van der Waals surface area (Å²) in [7, 11) is 0. The number of nitrogens with one attached hydrogen (secondary N) is 2. The van der Waals surface area contributed by atoms with Crippen LogP contribution in [-0.2, 0) is 19.2 Å². The third-order valence-electron chi connectivity index (χ3n) is 4.05. The van der Waals surface area contributed by atoms with E-state index in [-0.39, 0.29) is 62.2 Å². The molecule has 0 aliphatic carbocycles. The first kappa shape index (κ1) is 34.1. The molecule has 0 radical (unpaired) electrons. The molecule has 2 atom stereocenters. The minimum Gasteiger partial charge on any atom is -0.550 e. The number of carboxylic acid groups (broad SMARTS) is 2. The molecular weight excluding hydrogens is 429 g/mol. The predicted octanol–water partition coefficient (Wildman–Crippen LogP) is -5.14. The Bertz CT molecular complexity index is 534. The van der Waals surface area contributed by atoms with Crippen LogP contribution in [-0.4, -0.2) is 106 Å². The van der Waals surface area contributed by atoms with Crippen LogP contribution in [0.3, 0.4) is 0 Å². The monoisotopic (exact) mass is 460 g/mol. The van der Waals surface area contributed by atoms with Crippen molar-refractivity contribution in [2.75, 3.05) is 26.3 Å². The first-order valence-electron chi connectivity index (χ1n) is 9.15. The molecule has 0 saturated heterocycles. The minimum absolute atomic E-state index is 0. The number of aliphatic carboxylic acids is 2. The number of aliphatic hydroxyl groups excluding tert-OH is 4. The maximum absolute atomic E-state index is 11.2. The Balaban J connectivity index is -0.000000490. The fourth-order valence-electron chi connectivity index (χ4n) is 1.65. The van der Waals surface area contributed by atoms with Crippen LogP contribution in [0.2, 0.25) is 0 Å². The fraction of sp³-hybridized carbons (Fsp3) is 0.778. The van der Waals surface area contributed by atoms with Crippen LogP contribution >= 0.6 is 0 Å². The van der Waals surface area contributed by atoms with Crippen molar-refractivity contribution in [1.29, 1.82) is 0 Å². The average Bonchev–Trinajstić information content (AvgIpc) is 2.66. The fourth-order valence-corrected chi connectivity index (χ4v) is 1.65. The van der Waals surface area contributed by atoms with Gasteiger partial charge in [0.05, 0.1) is 13.2 Å². The van der Waals surface area contributed by atoms with Crippen molar-refractivity contribution in [3.8, 4) is 0 Å². The number of carbonyl (C=O) groups is 4. The molecule has 0 unspecified atom stereocenters. The van der Waals surface area contributed by atoms with Crippen LogP contribution in [0.5, 0.6) is 0 Å². The van der Waals surface area contributed by atoms with E-state index in [1.165, 1.54) is 27.7 Å². The van der Waals surface area contributed by atoms with Crippen LogP contribution < -0.4 is 20.8 Å². The van der Waals surface area contributed by atoms with Crippen LogP contribution in [0, 0.1) is 10.8 Å². The summed E-state index contributed by atoms with van der Waals surface area (Å²) in [5, 5.41) is 61.3. The molecule has 0 aliphatic rings. The summed E-state index contributed by atoms with van der Waals surface area (Å²) in [6.07, 6.45) is -3.36. The zero-order valence-corrected chi connectivity index (χ0v) is 19.8. The standard InChI is InChI=1S/2C9H17NO5.Mg/c2*1-9(2,5-11)7(14)8(15)10-4-3-6(12)13;/h2*7,11,14H,3-5H2,1-2H3,(H,10,15)(H,12,13);/q;;+2/p-2/t2*7-;/m00./s1. The molecule has 0 spiro atoms. The van der Waals surface area contributed by atoms with Gasteiger partial charge in [-0.05, 0) is 0 Å². The summed E-state index contributed by atoms with van der Waals surface area (Å²) >= 11 is 0. The molecule has 2 amide bonds. The number of aliphatic hydroxyl groups is 4. The number of hydrogen-bond donors (Lipinski definition) is 6. The number of amides is 2. The molecule has 0 heterocycles. The summed E-state index contributed by atoms with van der Waals surface area (Å²) in [5.41, 5.74) is -1.91. The van der Waals surface area contributed by atoms with E-state index in [0.29, 0.717) is 0 Å². The molecule has 0 rings (SSSR count). The second-order valence-electron chi connectivity index (χ2n) is 7.92. The molecule has 13 heteroatoms. The van der Waals surface area contributed by atoms with E-state index < -0.39 is 46.8 Å². The van der Waals surface area contributed by atoms with Crippen molar-refractivity contribution >= 4 is 46.8 Å². The molecule has 12 nitrogen and oxygen atoms in total. The van der Waals surface area contributed by atoms with Crippen LogP contribution in [0.25, 0.3) is 0 Å². The van der Waals surface area contributed by atoms with E-state index in [1.54, 1.807) is 0 Å².